The lowest BCUT2D eigenvalue weighted by Gasteiger charge is -2.40. The Morgan fingerprint density at radius 2 is 1.92 bits per heavy atom. The van der Waals surface area contributed by atoms with E-state index in [2.05, 4.69) is 34.8 Å². The van der Waals surface area contributed by atoms with E-state index in [4.69, 9.17) is 10.2 Å². The Morgan fingerprint density at radius 1 is 1.10 bits per heavy atom. The average molecular weight is 558 g/mol. The lowest BCUT2D eigenvalue weighted by atomic mass is 9.97. The van der Waals surface area contributed by atoms with Crippen molar-refractivity contribution >= 4 is 41.7 Å². The van der Waals surface area contributed by atoms with Gasteiger partial charge in [0.15, 0.2) is 5.76 Å². The number of piperidine rings is 1. The molecular weight excluding hydrogens is 529 g/mol. The van der Waals surface area contributed by atoms with Gasteiger partial charge in [-0.15, -0.1) is 17.5 Å². The molecule has 1 atom stereocenters. The Morgan fingerprint density at radius 3 is 2.67 bits per heavy atom. The number of nitrogen functional groups attached to an aromatic ring is 1. The molecule has 0 unspecified atom stereocenters. The number of carbonyl (C=O) groups is 1. The van der Waals surface area contributed by atoms with Gasteiger partial charge in [-0.3, -0.25) is 4.90 Å². The minimum atomic E-state index is -1.25. The zero-order valence-corrected chi connectivity index (χ0v) is 21.9. The number of fused-ring (bicyclic) bond motifs is 1. The molecule has 3 N–H and O–H groups in total. The first kappa shape index (κ1) is 26.6. The number of nitrogens with zero attached hydrogens (tertiary/aromatic N) is 8. The van der Waals surface area contributed by atoms with Gasteiger partial charge < -0.3 is 25.1 Å². The molecule has 4 aromatic rings. The van der Waals surface area contributed by atoms with Crippen LogP contribution in [0.1, 0.15) is 23.2 Å². The van der Waals surface area contributed by atoms with Gasteiger partial charge in [-0.05, 0) is 49.1 Å². The number of rotatable bonds is 6. The number of hydrogen-bond donors (Lipinski definition) is 2. The van der Waals surface area contributed by atoms with E-state index in [1.54, 1.807) is 24.5 Å². The Balaban J connectivity index is 0.00000308. The summed E-state index contributed by atoms with van der Waals surface area (Å²) in [7, 11) is 0. The number of furan rings is 1. The molecule has 3 aromatic heterocycles. The van der Waals surface area contributed by atoms with E-state index in [9.17, 15) is 14.3 Å². The fourth-order valence-electron chi connectivity index (χ4n) is 5.27. The Bertz CT molecular complexity index is 1460. The predicted octanol–water partition coefficient (Wildman–Crippen LogP) is 2.66. The van der Waals surface area contributed by atoms with Gasteiger partial charge in [-0.1, -0.05) is 0 Å². The van der Waals surface area contributed by atoms with Crippen LogP contribution in [-0.2, 0) is 0 Å². The number of aromatic nitrogens is 5. The average Bonchev–Trinajstić information content (AvgIpc) is 3.60. The first-order valence-electron chi connectivity index (χ1n) is 12.6. The maximum Gasteiger partial charge on any atom is 0.338 e. The van der Waals surface area contributed by atoms with Crippen molar-refractivity contribution in [2.24, 2.45) is 5.92 Å². The summed E-state index contributed by atoms with van der Waals surface area (Å²) in [4.78, 5) is 31.6. The van der Waals surface area contributed by atoms with Gasteiger partial charge in [0.25, 0.3) is 5.78 Å². The van der Waals surface area contributed by atoms with Crippen LogP contribution in [0.15, 0.2) is 41.0 Å². The smallest absolute Gasteiger partial charge is 0.338 e. The lowest BCUT2D eigenvalue weighted by Crippen LogP contribution is -2.50. The van der Waals surface area contributed by atoms with E-state index in [0.717, 1.165) is 64.3 Å². The number of piperazine rings is 1. The molecule has 2 saturated heterocycles. The van der Waals surface area contributed by atoms with Crippen LogP contribution in [0.2, 0.25) is 0 Å². The van der Waals surface area contributed by atoms with Crippen LogP contribution in [0, 0.1) is 11.7 Å². The molecule has 39 heavy (non-hydrogen) atoms. The highest BCUT2D eigenvalue weighted by Gasteiger charge is 2.27. The second-order valence-corrected chi connectivity index (χ2v) is 9.72. The summed E-state index contributed by atoms with van der Waals surface area (Å²) in [5, 5.41) is 13.6. The predicted molar refractivity (Wildman–Crippen MR) is 145 cm³/mol. The molecule has 2 aliphatic rings. The summed E-state index contributed by atoms with van der Waals surface area (Å²) in [5.74, 6) is 0.570. The highest BCUT2D eigenvalue weighted by molar-refractivity contribution is 5.89. The molecule has 0 saturated carbocycles. The van der Waals surface area contributed by atoms with E-state index in [1.165, 1.54) is 16.6 Å². The van der Waals surface area contributed by atoms with Crippen molar-refractivity contribution in [3.8, 4) is 11.6 Å². The number of carboxylic acid groups (broad SMARTS) is 1. The normalized spacial score (nSPS) is 18.3. The molecule has 2 fully saturated rings. The van der Waals surface area contributed by atoms with Gasteiger partial charge in [0, 0.05) is 51.5 Å². The molecule has 0 aliphatic carbocycles. The molecule has 6 rings (SSSR count). The largest absolute Gasteiger partial charge is 0.478 e. The van der Waals surface area contributed by atoms with Crippen molar-refractivity contribution in [2.45, 2.75) is 12.8 Å². The molecule has 206 valence electrons. The van der Waals surface area contributed by atoms with Crippen LogP contribution in [0.25, 0.3) is 17.4 Å². The number of hydrogen-bond acceptors (Lipinski definition) is 10. The zero-order valence-electron chi connectivity index (χ0n) is 21.1. The Labute approximate surface area is 229 Å². The van der Waals surface area contributed by atoms with Gasteiger partial charge in [-0.2, -0.15) is 19.5 Å². The van der Waals surface area contributed by atoms with Crippen LogP contribution < -0.4 is 15.5 Å². The number of benzene rings is 1. The van der Waals surface area contributed by atoms with E-state index in [1.807, 2.05) is 0 Å². The summed E-state index contributed by atoms with van der Waals surface area (Å²) in [6.07, 6.45) is 3.70. The minimum absolute atomic E-state index is 0. The Hall–Kier alpha value is -3.97. The third kappa shape index (κ3) is 5.45. The van der Waals surface area contributed by atoms with Crippen molar-refractivity contribution in [2.75, 3.05) is 61.3 Å². The fourth-order valence-corrected chi connectivity index (χ4v) is 5.27. The molecule has 0 amide bonds. The highest BCUT2D eigenvalue weighted by Crippen LogP contribution is 2.25. The maximum atomic E-state index is 13.8. The SMILES string of the molecule is Cl.Nc1nc(N2CCC[C@@H](CN3CCN(c4ccc(F)c(C(=O)O)c4)CC3)C2)nc2nc(-c3ccco3)nn12. The van der Waals surface area contributed by atoms with Crippen LogP contribution in [0.5, 0.6) is 0 Å². The molecule has 5 heterocycles. The van der Waals surface area contributed by atoms with Crippen LogP contribution in [0.3, 0.4) is 0 Å². The lowest BCUT2D eigenvalue weighted by molar-refractivity contribution is 0.0692. The Kier molecular flexibility index (Phi) is 7.53. The van der Waals surface area contributed by atoms with E-state index >= 15 is 0 Å². The van der Waals surface area contributed by atoms with Gasteiger partial charge in [0.05, 0.1) is 11.8 Å². The topological polar surface area (TPSA) is 142 Å². The summed E-state index contributed by atoms with van der Waals surface area (Å²) in [5.41, 5.74) is 6.64. The number of halogens is 2. The maximum absolute atomic E-state index is 13.8. The second kappa shape index (κ2) is 11.0. The van der Waals surface area contributed by atoms with Gasteiger partial charge in [-0.25, -0.2) is 9.18 Å². The number of aromatic carboxylic acids is 1. The molecule has 14 heteroatoms. The van der Waals surface area contributed by atoms with Crippen molar-refractivity contribution in [1.82, 2.24) is 29.5 Å². The molecule has 2 aliphatic heterocycles. The zero-order chi connectivity index (χ0) is 26.2. The quantitative estimate of drug-likeness (QED) is 0.361. The van der Waals surface area contributed by atoms with Crippen LogP contribution in [0.4, 0.5) is 22.0 Å². The van der Waals surface area contributed by atoms with Crippen molar-refractivity contribution in [1.29, 1.82) is 0 Å². The third-order valence-corrected chi connectivity index (χ3v) is 7.20. The molecule has 1 aromatic carbocycles. The van der Waals surface area contributed by atoms with Gasteiger partial charge in [0.2, 0.25) is 17.7 Å². The van der Waals surface area contributed by atoms with Gasteiger partial charge >= 0.3 is 5.97 Å². The summed E-state index contributed by atoms with van der Waals surface area (Å²) in [6, 6.07) is 7.84. The number of carboxylic acids is 1. The monoisotopic (exact) mass is 557 g/mol. The first-order valence-corrected chi connectivity index (χ1v) is 12.6. The van der Waals surface area contributed by atoms with Crippen molar-refractivity contribution in [3.63, 3.8) is 0 Å². The molecule has 0 bridgehead atoms. The van der Waals surface area contributed by atoms with E-state index < -0.39 is 11.8 Å². The van der Waals surface area contributed by atoms with Gasteiger partial charge in [0.1, 0.15) is 5.82 Å². The first-order chi connectivity index (χ1) is 18.4. The summed E-state index contributed by atoms with van der Waals surface area (Å²) in [6.45, 7) is 5.80. The summed E-state index contributed by atoms with van der Waals surface area (Å²) < 4.78 is 20.6. The molecule has 0 spiro atoms. The molecular formula is C25H29ClFN9O3. The molecule has 12 nitrogen and oxygen atoms in total. The number of anilines is 3. The van der Waals surface area contributed by atoms with E-state index in [-0.39, 0.29) is 23.9 Å². The molecule has 0 radical (unpaired) electrons. The van der Waals surface area contributed by atoms with Crippen molar-refractivity contribution < 1.29 is 18.7 Å². The summed E-state index contributed by atoms with van der Waals surface area (Å²) >= 11 is 0. The number of nitrogens with two attached hydrogens (primary N) is 1. The highest BCUT2D eigenvalue weighted by atomic mass is 35.5. The van der Waals surface area contributed by atoms with Crippen LogP contribution in [-0.4, -0.2) is 86.4 Å². The fraction of sp³-hybridized carbons (Fsp3) is 0.400. The standard InChI is InChI=1S/C25H28FN9O3.ClH/c26-19-6-5-17(13-18(19)22(36)37)33-10-8-32(9-11-33)14-16-3-1-7-34(15-16)24-29-23(27)35-25(30-24)28-21(31-35)20-4-2-12-38-20;/h2,4-6,12-13,16H,1,3,7-11,14-15H2,(H,36,37)(H2,27,28,29,30,31);1H/t16-;/m0./s1. The van der Waals surface area contributed by atoms with Crippen molar-refractivity contribution in [3.05, 3.63) is 48.0 Å². The third-order valence-electron chi connectivity index (χ3n) is 7.20. The van der Waals surface area contributed by atoms with E-state index in [0.29, 0.717) is 29.2 Å². The van der Waals surface area contributed by atoms with Crippen LogP contribution >= 0.6 is 12.4 Å². The second-order valence-electron chi connectivity index (χ2n) is 9.72. The minimum Gasteiger partial charge on any atom is -0.478 e.